The van der Waals surface area contributed by atoms with E-state index >= 15 is 0 Å². The minimum atomic E-state index is -0.222. The first kappa shape index (κ1) is 21.9. The molecule has 0 aliphatic carbocycles. The van der Waals surface area contributed by atoms with Crippen molar-refractivity contribution in [1.82, 2.24) is 9.97 Å². The molecule has 0 spiro atoms. The molecule has 1 aromatic heterocycles. The molecule has 1 saturated heterocycles. The van der Waals surface area contributed by atoms with E-state index < -0.39 is 0 Å². The smallest absolute Gasteiger partial charge is 0.255 e. The van der Waals surface area contributed by atoms with E-state index in [0.717, 1.165) is 37.4 Å². The third-order valence-corrected chi connectivity index (χ3v) is 5.24. The van der Waals surface area contributed by atoms with Gasteiger partial charge in [-0.25, -0.2) is 4.98 Å². The number of hydrogen-bond donors (Lipinski definition) is 3. The average Bonchev–Trinajstić information content (AvgIpc) is 3.34. The Hall–Kier alpha value is -3.36. The number of halogens is 1. The second-order valence-electron chi connectivity index (χ2n) is 7.38. The first-order valence-corrected chi connectivity index (χ1v) is 10.9. The fourth-order valence-corrected chi connectivity index (χ4v) is 3.64. The number of nitrogens with zero attached hydrogens (tertiary/aromatic N) is 3. The van der Waals surface area contributed by atoms with Gasteiger partial charge in [-0.15, -0.1) is 0 Å². The number of rotatable bonds is 8. The zero-order valence-electron chi connectivity index (χ0n) is 17.6. The topological polar surface area (TPSA) is 105 Å². The van der Waals surface area contributed by atoms with Gasteiger partial charge in [-0.2, -0.15) is 4.98 Å². The summed E-state index contributed by atoms with van der Waals surface area (Å²) in [6.45, 7) is 2.73. The second-order valence-corrected chi connectivity index (χ2v) is 7.82. The van der Waals surface area contributed by atoms with Crippen molar-refractivity contribution in [3.63, 3.8) is 0 Å². The summed E-state index contributed by atoms with van der Waals surface area (Å²) in [6, 6.07) is 14.1. The van der Waals surface area contributed by atoms with Crippen LogP contribution < -0.4 is 26.0 Å². The quantitative estimate of drug-likeness (QED) is 0.473. The van der Waals surface area contributed by atoms with Crippen LogP contribution in [0.5, 0.6) is 5.75 Å². The molecule has 4 N–H and O–H groups in total. The molecule has 1 aliphatic heterocycles. The Morgan fingerprint density at radius 1 is 1.12 bits per heavy atom. The zero-order valence-corrected chi connectivity index (χ0v) is 18.3. The predicted molar refractivity (Wildman–Crippen MR) is 127 cm³/mol. The van der Waals surface area contributed by atoms with Crippen LogP contribution in [0.4, 0.5) is 23.1 Å². The molecule has 0 saturated carbocycles. The molecule has 3 aromatic rings. The Morgan fingerprint density at radius 2 is 1.88 bits per heavy atom. The Morgan fingerprint density at radius 3 is 2.59 bits per heavy atom. The Balaban J connectivity index is 1.44. The van der Waals surface area contributed by atoms with Crippen molar-refractivity contribution in [3.8, 4) is 5.75 Å². The van der Waals surface area contributed by atoms with E-state index in [0.29, 0.717) is 41.1 Å². The van der Waals surface area contributed by atoms with Gasteiger partial charge in [-0.1, -0.05) is 17.7 Å². The molecule has 0 bridgehead atoms. The maximum absolute atomic E-state index is 12.4. The number of nitrogens with one attached hydrogen (secondary N) is 2. The van der Waals surface area contributed by atoms with Gasteiger partial charge >= 0.3 is 0 Å². The fraction of sp³-hybridized carbons (Fsp3) is 0.261. The van der Waals surface area contributed by atoms with Crippen LogP contribution in [0.15, 0.2) is 54.7 Å². The van der Waals surface area contributed by atoms with E-state index in [9.17, 15) is 4.79 Å². The van der Waals surface area contributed by atoms with Gasteiger partial charge in [0.05, 0.1) is 6.20 Å². The second kappa shape index (κ2) is 10.3. The van der Waals surface area contributed by atoms with Gasteiger partial charge < -0.3 is 26.0 Å². The summed E-state index contributed by atoms with van der Waals surface area (Å²) in [5.74, 6) is 1.67. The summed E-state index contributed by atoms with van der Waals surface area (Å²) in [7, 11) is 0. The SMILES string of the molecule is NCCOc1cnc(Nc2ccc(NC(=O)c3cccc(Cl)c3)cc2)nc1N1CCCC1. The first-order chi connectivity index (χ1) is 15.6. The van der Waals surface area contributed by atoms with Gasteiger partial charge in [0.25, 0.3) is 5.91 Å². The van der Waals surface area contributed by atoms with Gasteiger partial charge in [-0.3, -0.25) is 4.79 Å². The molecule has 4 rings (SSSR count). The summed E-state index contributed by atoms with van der Waals surface area (Å²) in [5.41, 5.74) is 7.54. The van der Waals surface area contributed by atoms with Crippen LogP contribution in [-0.4, -0.2) is 42.1 Å². The number of nitrogens with two attached hydrogens (primary N) is 1. The summed E-state index contributed by atoms with van der Waals surface area (Å²) in [6.07, 6.45) is 3.94. The van der Waals surface area contributed by atoms with Gasteiger partial charge in [-0.05, 0) is 55.3 Å². The van der Waals surface area contributed by atoms with E-state index in [1.165, 1.54) is 0 Å². The van der Waals surface area contributed by atoms with Crippen LogP contribution >= 0.6 is 11.6 Å². The van der Waals surface area contributed by atoms with Gasteiger partial charge in [0.15, 0.2) is 11.6 Å². The van der Waals surface area contributed by atoms with Crippen molar-refractivity contribution in [2.45, 2.75) is 12.8 Å². The predicted octanol–water partition coefficient (Wildman–Crippen LogP) is 4.06. The number of anilines is 4. The Labute approximate surface area is 191 Å². The van der Waals surface area contributed by atoms with Gasteiger partial charge in [0, 0.05) is 41.6 Å². The average molecular weight is 453 g/mol. The summed E-state index contributed by atoms with van der Waals surface area (Å²) < 4.78 is 5.73. The number of hydrogen-bond acceptors (Lipinski definition) is 7. The molecule has 9 heteroatoms. The third kappa shape index (κ3) is 5.46. The van der Waals surface area contributed by atoms with Crippen molar-refractivity contribution in [2.75, 3.05) is 41.8 Å². The lowest BCUT2D eigenvalue weighted by atomic mass is 10.2. The number of ether oxygens (including phenoxy) is 1. The molecule has 1 fully saturated rings. The normalized spacial score (nSPS) is 13.1. The fourth-order valence-electron chi connectivity index (χ4n) is 3.45. The molecule has 0 atom stereocenters. The molecule has 0 radical (unpaired) electrons. The molecule has 1 amide bonds. The van der Waals surface area contributed by atoms with Crippen LogP contribution in [0.1, 0.15) is 23.2 Å². The molecule has 166 valence electrons. The van der Waals surface area contributed by atoms with Crippen LogP contribution in [0.3, 0.4) is 0 Å². The van der Waals surface area contributed by atoms with Crippen LogP contribution in [0.2, 0.25) is 5.02 Å². The third-order valence-electron chi connectivity index (χ3n) is 5.00. The highest BCUT2D eigenvalue weighted by Crippen LogP contribution is 2.30. The number of carbonyl (C=O) groups is 1. The lowest BCUT2D eigenvalue weighted by Crippen LogP contribution is -2.21. The van der Waals surface area contributed by atoms with E-state index in [-0.39, 0.29) is 5.91 Å². The molecule has 32 heavy (non-hydrogen) atoms. The molecule has 8 nitrogen and oxygen atoms in total. The molecule has 2 aromatic carbocycles. The number of benzene rings is 2. The van der Waals surface area contributed by atoms with Crippen molar-refractivity contribution >= 4 is 40.6 Å². The monoisotopic (exact) mass is 452 g/mol. The summed E-state index contributed by atoms with van der Waals surface area (Å²) in [5, 5.41) is 6.59. The van der Waals surface area contributed by atoms with Crippen LogP contribution in [-0.2, 0) is 0 Å². The number of amides is 1. The van der Waals surface area contributed by atoms with Crippen LogP contribution in [0.25, 0.3) is 0 Å². The van der Waals surface area contributed by atoms with E-state index in [1.807, 2.05) is 24.3 Å². The van der Waals surface area contributed by atoms with E-state index in [4.69, 9.17) is 22.1 Å². The van der Waals surface area contributed by atoms with E-state index in [2.05, 4.69) is 25.5 Å². The largest absolute Gasteiger partial charge is 0.487 e. The molecular formula is C23H25ClN6O2. The Kier molecular flexibility index (Phi) is 7.03. The highest BCUT2D eigenvalue weighted by atomic mass is 35.5. The summed E-state index contributed by atoms with van der Waals surface area (Å²) in [4.78, 5) is 23.6. The van der Waals surface area contributed by atoms with Crippen molar-refractivity contribution in [1.29, 1.82) is 0 Å². The van der Waals surface area contributed by atoms with Crippen molar-refractivity contribution in [2.24, 2.45) is 5.73 Å². The highest BCUT2D eigenvalue weighted by molar-refractivity contribution is 6.31. The minimum absolute atomic E-state index is 0.222. The number of carbonyl (C=O) groups excluding carboxylic acids is 1. The first-order valence-electron chi connectivity index (χ1n) is 10.5. The lowest BCUT2D eigenvalue weighted by molar-refractivity contribution is 0.102. The maximum Gasteiger partial charge on any atom is 0.255 e. The summed E-state index contributed by atoms with van der Waals surface area (Å²) >= 11 is 5.96. The Bertz CT molecular complexity index is 1070. The number of aromatic nitrogens is 2. The van der Waals surface area contributed by atoms with E-state index in [1.54, 1.807) is 30.5 Å². The van der Waals surface area contributed by atoms with Crippen LogP contribution in [0, 0.1) is 0 Å². The molecular weight excluding hydrogens is 428 g/mol. The standard InChI is InChI=1S/C23H25ClN6O2/c24-17-5-3-4-16(14-17)22(31)27-18-6-8-19(9-7-18)28-23-26-15-20(32-13-10-25)21(29-23)30-11-1-2-12-30/h3-9,14-15H,1-2,10-13,25H2,(H,27,31)(H,26,28,29). The zero-order chi connectivity index (χ0) is 22.3. The molecule has 1 aliphatic rings. The molecule has 0 unspecified atom stereocenters. The van der Waals surface area contributed by atoms with Gasteiger partial charge in [0.2, 0.25) is 5.95 Å². The highest BCUT2D eigenvalue weighted by Gasteiger charge is 2.19. The minimum Gasteiger partial charge on any atom is -0.487 e. The van der Waals surface area contributed by atoms with Crippen molar-refractivity contribution < 1.29 is 9.53 Å². The molecule has 2 heterocycles. The lowest BCUT2D eigenvalue weighted by Gasteiger charge is -2.20. The van der Waals surface area contributed by atoms with Gasteiger partial charge in [0.1, 0.15) is 6.61 Å². The van der Waals surface area contributed by atoms with Crippen molar-refractivity contribution in [3.05, 3.63) is 65.3 Å². The maximum atomic E-state index is 12.4.